The molecule has 0 fully saturated rings. The van der Waals surface area contributed by atoms with Crippen LogP contribution in [0, 0.1) is 0 Å². The van der Waals surface area contributed by atoms with Crippen molar-refractivity contribution in [2.75, 3.05) is 0 Å². The first-order valence-corrected chi connectivity index (χ1v) is 9.90. The summed E-state index contributed by atoms with van der Waals surface area (Å²) < 4.78 is 32.3. The van der Waals surface area contributed by atoms with Crippen LogP contribution in [0.25, 0.3) is 0 Å². The minimum Gasteiger partial charge on any atom is -0.746 e. The van der Waals surface area contributed by atoms with Crippen molar-refractivity contribution in [2.24, 2.45) is 0 Å². The summed E-state index contributed by atoms with van der Waals surface area (Å²) in [6.07, 6.45) is 14.2. The molecule has 0 amide bonds. The van der Waals surface area contributed by atoms with E-state index in [-0.39, 0.29) is 36.0 Å². The summed E-state index contributed by atoms with van der Waals surface area (Å²) >= 11 is 0. The molecule has 1 atom stereocenters. The van der Waals surface area contributed by atoms with Crippen LogP contribution in [0.1, 0.15) is 97.3 Å². The Kier molecular flexibility index (Phi) is 16.2. The summed E-state index contributed by atoms with van der Waals surface area (Å²) in [5, 5.41) is 9.51. The number of hydrogen-bond acceptors (Lipinski definition) is 4. The molecule has 0 aliphatic carbocycles. The summed E-state index contributed by atoms with van der Waals surface area (Å²) in [6, 6.07) is 0. The molecule has 6 heteroatoms. The van der Waals surface area contributed by atoms with Gasteiger partial charge in [-0.25, -0.2) is 8.42 Å². The molecule has 0 aromatic rings. The van der Waals surface area contributed by atoms with Crippen molar-refractivity contribution in [1.29, 1.82) is 0 Å². The molecule has 0 aliphatic heterocycles. The Bertz CT molecular complexity index is 342. The van der Waals surface area contributed by atoms with Gasteiger partial charge in [-0.15, -0.1) is 0 Å². The van der Waals surface area contributed by atoms with Crippen LogP contribution in [-0.2, 0) is 10.1 Å². The summed E-state index contributed by atoms with van der Waals surface area (Å²) in [7, 11) is -4.61. The first-order valence-electron chi connectivity index (χ1n) is 8.49. The van der Waals surface area contributed by atoms with Gasteiger partial charge in [0.05, 0.1) is 0 Å². The molecule has 0 saturated heterocycles. The minimum atomic E-state index is -4.61. The second-order valence-corrected chi connectivity index (χ2v) is 8.06. The normalized spacial score (nSPS) is 14.4. The maximum absolute atomic E-state index is 10.8. The van der Waals surface area contributed by atoms with Gasteiger partial charge in [0.1, 0.15) is 10.1 Å². The Morgan fingerprint density at radius 1 is 0.818 bits per heavy atom. The molecule has 0 aromatic carbocycles. The van der Waals surface area contributed by atoms with Crippen LogP contribution < -0.4 is 29.6 Å². The Morgan fingerprint density at radius 2 is 1.14 bits per heavy atom. The Balaban J connectivity index is 0. The van der Waals surface area contributed by atoms with Crippen molar-refractivity contribution in [2.45, 2.75) is 102 Å². The minimum absolute atomic E-state index is 0. The van der Waals surface area contributed by atoms with E-state index in [0.29, 0.717) is 6.42 Å². The third-order valence-electron chi connectivity index (χ3n) is 4.03. The van der Waals surface area contributed by atoms with Crippen molar-refractivity contribution in [3.63, 3.8) is 0 Å². The van der Waals surface area contributed by atoms with E-state index in [4.69, 9.17) is 0 Å². The predicted octanol–water partition coefficient (Wildman–Crippen LogP) is 1.34. The van der Waals surface area contributed by atoms with Gasteiger partial charge in [0.25, 0.3) is 0 Å². The van der Waals surface area contributed by atoms with Crippen LogP contribution in [-0.4, -0.2) is 23.0 Å². The SMILES string of the molecule is CCCCCCCCCCCCCCC(C)(O)S(=O)(=O)[O-].[Na+]. The summed E-state index contributed by atoms with van der Waals surface area (Å²) in [5.41, 5.74) is 0. The number of rotatable bonds is 14. The quantitative estimate of drug-likeness (QED) is 0.293. The fourth-order valence-corrected chi connectivity index (χ4v) is 2.81. The molecule has 0 aromatic heterocycles. The third kappa shape index (κ3) is 13.3. The van der Waals surface area contributed by atoms with E-state index >= 15 is 0 Å². The van der Waals surface area contributed by atoms with Crippen molar-refractivity contribution >= 4 is 10.1 Å². The van der Waals surface area contributed by atoms with Crippen LogP contribution in [0.3, 0.4) is 0 Å². The van der Waals surface area contributed by atoms with Gasteiger partial charge in [-0.3, -0.25) is 0 Å². The van der Waals surface area contributed by atoms with Crippen molar-refractivity contribution in [3.05, 3.63) is 0 Å². The topological polar surface area (TPSA) is 77.4 Å². The van der Waals surface area contributed by atoms with Crippen LogP contribution >= 0.6 is 0 Å². The van der Waals surface area contributed by atoms with Gasteiger partial charge in [-0.2, -0.15) is 0 Å². The smallest absolute Gasteiger partial charge is 0.746 e. The molecule has 0 bridgehead atoms. The van der Waals surface area contributed by atoms with Crippen molar-refractivity contribution < 1.29 is 47.6 Å². The molecule has 1 N–H and O–H groups in total. The number of aliphatic hydroxyl groups is 1. The Hall–Kier alpha value is 0.870. The van der Waals surface area contributed by atoms with E-state index in [1.807, 2.05) is 0 Å². The first-order chi connectivity index (χ1) is 9.81. The van der Waals surface area contributed by atoms with E-state index < -0.39 is 15.1 Å². The monoisotopic (exact) mass is 344 g/mol. The van der Waals surface area contributed by atoms with E-state index in [1.165, 1.54) is 51.4 Å². The van der Waals surface area contributed by atoms with E-state index in [2.05, 4.69) is 6.92 Å². The molecule has 1 unspecified atom stereocenters. The fourth-order valence-electron chi connectivity index (χ4n) is 2.42. The van der Waals surface area contributed by atoms with Gasteiger partial charge < -0.3 is 9.66 Å². The second kappa shape index (κ2) is 14.2. The second-order valence-electron chi connectivity index (χ2n) is 6.27. The summed E-state index contributed by atoms with van der Waals surface area (Å²) in [5.74, 6) is 0. The third-order valence-corrected chi connectivity index (χ3v) is 5.31. The van der Waals surface area contributed by atoms with Gasteiger partial charge in [0.2, 0.25) is 0 Å². The number of unbranched alkanes of at least 4 members (excludes halogenated alkanes) is 11. The van der Waals surface area contributed by atoms with Gasteiger partial charge in [0, 0.05) is 0 Å². The van der Waals surface area contributed by atoms with Gasteiger partial charge in [0.15, 0.2) is 4.93 Å². The largest absolute Gasteiger partial charge is 1.00 e. The van der Waals surface area contributed by atoms with E-state index in [1.54, 1.807) is 0 Å². The molecule has 0 rings (SSSR count). The van der Waals surface area contributed by atoms with Gasteiger partial charge in [-0.05, 0) is 19.8 Å². The molecule has 0 saturated carbocycles. The molecular formula is C16H33NaO4S. The standard InChI is InChI=1S/C16H34O4S.Na/c1-3-4-5-6-7-8-9-10-11-12-13-14-15-16(2,17)21(18,19)20;/h17H,3-15H2,1-2H3,(H,18,19,20);/q;+1/p-1. The van der Waals surface area contributed by atoms with E-state index in [0.717, 1.165) is 26.2 Å². The van der Waals surface area contributed by atoms with Crippen LogP contribution in [0.2, 0.25) is 0 Å². The van der Waals surface area contributed by atoms with Crippen LogP contribution in [0.4, 0.5) is 0 Å². The maximum Gasteiger partial charge on any atom is 1.00 e. The number of hydrogen-bond donors (Lipinski definition) is 1. The molecular weight excluding hydrogens is 311 g/mol. The van der Waals surface area contributed by atoms with E-state index in [9.17, 15) is 18.1 Å². The zero-order chi connectivity index (χ0) is 16.2. The fraction of sp³-hybridized carbons (Fsp3) is 1.00. The molecule has 128 valence electrons. The average molecular weight is 344 g/mol. The molecule has 4 nitrogen and oxygen atoms in total. The van der Waals surface area contributed by atoms with Crippen LogP contribution in [0.5, 0.6) is 0 Å². The Labute approximate surface area is 159 Å². The molecule has 0 radical (unpaired) electrons. The molecule has 0 heterocycles. The zero-order valence-corrected chi connectivity index (χ0v) is 17.6. The summed E-state index contributed by atoms with van der Waals surface area (Å²) in [4.78, 5) is -2.11. The predicted molar refractivity (Wildman–Crippen MR) is 86.0 cm³/mol. The molecule has 0 spiro atoms. The molecule has 0 aliphatic rings. The zero-order valence-electron chi connectivity index (χ0n) is 14.8. The van der Waals surface area contributed by atoms with Crippen LogP contribution in [0.15, 0.2) is 0 Å². The van der Waals surface area contributed by atoms with Crippen molar-refractivity contribution in [3.8, 4) is 0 Å². The van der Waals surface area contributed by atoms with Gasteiger partial charge >= 0.3 is 29.6 Å². The van der Waals surface area contributed by atoms with Gasteiger partial charge in [-0.1, -0.05) is 77.6 Å². The first kappa shape index (κ1) is 25.1. The van der Waals surface area contributed by atoms with Crippen molar-refractivity contribution in [1.82, 2.24) is 0 Å². The maximum atomic E-state index is 10.8. The Morgan fingerprint density at radius 3 is 1.45 bits per heavy atom. The molecule has 22 heavy (non-hydrogen) atoms. The summed E-state index contributed by atoms with van der Waals surface area (Å²) in [6.45, 7) is 3.32. The average Bonchev–Trinajstić information content (AvgIpc) is 2.38.